The second-order valence-corrected chi connectivity index (χ2v) is 7.25. The van der Waals surface area contributed by atoms with Crippen LogP contribution in [0.3, 0.4) is 0 Å². The average molecular weight is 490 g/mol. The normalized spacial score (nSPS) is 17.1. The zero-order valence-corrected chi connectivity index (χ0v) is 19.1. The minimum absolute atomic E-state index is 0. The van der Waals surface area contributed by atoms with Gasteiger partial charge >= 0.3 is 0 Å². The largest absolute Gasteiger partial charge is 0.388 e. The van der Waals surface area contributed by atoms with E-state index in [-0.39, 0.29) is 29.5 Å². The molecule has 1 unspecified atom stereocenters. The molecule has 0 amide bonds. The van der Waals surface area contributed by atoms with Crippen LogP contribution >= 0.6 is 24.0 Å². The molecule has 0 aromatic heterocycles. The predicted octanol–water partition coefficient (Wildman–Crippen LogP) is 2.39. The van der Waals surface area contributed by atoms with Crippen LogP contribution in [0.2, 0.25) is 0 Å². The maximum absolute atomic E-state index is 10.3. The van der Waals surface area contributed by atoms with Crippen LogP contribution in [0, 0.1) is 0 Å². The minimum atomic E-state index is -0.462. The van der Waals surface area contributed by atoms with E-state index >= 15 is 0 Å². The fourth-order valence-corrected chi connectivity index (χ4v) is 3.05. The molecule has 6 nitrogen and oxygen atoms in total. The lowest BCUT2D eigenvalue weighted by Crippen LogP contribution is -2.52. The Bertz CT molecular complexity index is 548. The van der Waals surface area contributed by atoms with Crippen molar-refractivity contribution in [3.05, 3.63) is 35.9 Å². The van der Waals surface area contributed by atoms with Gasteiger partial charge in [-0.15, -0.1) is 24.0 Å². The van der Waals surface area contributed by atoms with Crippen LogP contribution in [0.1, 0.15) is 38.9 Å². The minimum Gasteiger partial charge on any atom is -0.388 e. The highest BCUT2D eigenvalue weighted by Crippen LogP contribution is 2.17. The Balaban J connectivity index is 0.00000364. The summed E-state index contributed by atoms with van der Waals surface area (Å²) in [7, 11) is 0. The zero-order valence-electron chi connectivity index (χ0n) is 16.8. The molecule has 2 rings (SSSR count). The van der Waals surface area contributed by atoms with E-state index in [1.54, 1.807) is 0 Å². The van der Waals surface area contributed by atoms with Crippen molar-refractivity contribution in [2.45, 2.75) is 38.8 Å². The molecule has 1 aliphatic rings. The van der Waals surface area contributed by atoms with Crippen molar-refractivity contribution in [1.82, 2.24) is 15.5 Å². The maximum Gasteiger partial charge on any atom is 0.191 e. The van der Waals surface area contributed by atoms with Crippen molar-refractivity contribution in [3.8, 4) is 0 Å². The number of hydrogen-bond acceptors (Lipinski definition) is 4. The Labute approximate surface area is 180 Å². The number of guanidine groups is 1. The summed E-state index contributed by atoms with van der Waals surface area (Å²) in [6.45, 7) is 12.2. The highest BCUT2D eigenvalue weighted by Gasteiger charge is 2.28. The van der Waals surface area contributed by atoms with Gasteiger partial charge < -0.3 is 20.5 Å². The number of nitrogens with zero attached hydrogens (tertiary/aromatic N) is 2. The molecule has 1 fully saturated rings. The van der Waals surface area contributed by atoms with Gasteiger partial charge in [-0.3, -0.25) is 9.89 Å². The van der Waals surface area contributed by atoms with Gasteiger partial charge in [-0.1, -0.05) is 30.3 Å². The first-order valence-corrected chi connectivity index (χ1v) is 9.61. The second-order valence-electron chi connectivity index (χ2n) is 7.25. The van der Waals surface area contributed by atoms with Gasteiger partial charge in [0.2, 0.25) is 0 Å². The molecule has 154 valence electrons. The van der Waals surface area contributed by atoms with Gasteiger partial charge in [-0.2, -0.15) is 0 Å². The lowest BCUT2D eigenvalue weighted by molar-refractivity contribution is -0.00683. The molecule has 7 heteroatoms. The van der Waals surface area contributed by atoms with Crippen molar-refractivity contribution in [2.24, 2.45) is 4.99 Å². The van der Waals surface area contributed by atoms with Crippen LogP contribution in [0.4, 0.5) is 0 Å². The summed E-state index contributed by atoms with van der Waals surface area (Å²) in [5.74, 6) is 0.800. The number of hydrogen-bond donors (Lipinski definition) is 3. The topological polar surface area (TPSA) is 69.1 Å². The number of aliphatic hydroxyl groups is 1. The van der Waals surface area contributed by atoms with Gasteiger partial charge in [-0.25, -0.2) is 0 Å². The highest BCUT2D eigenvalue weighted by molar-refractivity contribution is 14.0. The summed E-state index contributed by atoms with van der Waals surface area (Å²) >= 11 is 0. The molecule has 0 saturated carbocycles. The van der Waals surface area contributed by atoms with E-state index in [1.165, 1.54) is 0 Å². The number of ether oxygens (including phenoxy) is 1. The van der Waals surface area contributed by atoms with E-state index in [4.69, 9.17) is 9.73 Å². The Hall–Kier alpha value is -0.900. The lowest BCUT2D eigenvalue weighted by atomic mass is 10.0. The Morgan fingerprint density at radius 1 is 1.22 bits per heavy atom. The molecule has 3 N–H and O–H groups in total. The molecule has 1 aromatic carbocycles. The van der Waals surface area contributed by atoms with Gasteiger partial charge in [0.1, 0.15) is 0 Å². The third-order valence-corrected chi connectivity index (χ3v) is 4.73. The Kier molecular flexibility index (Phi) is 11.2. The molecular formula is C20H35IN4O2. The molecule has 1 saturated heterocycles. The Morgan fingerprint density at radius 3 is 2.52 bits per heavy atom. The first-order chi connectivity index (χ1) is 12.5. The Morgan fingerprint density at radius 2 is 1.89 bits per heavy atom. The predicted molar refractivity (Wildman–Crippen MR) is 122 cm³/mol. The number of halogens is 1. The van der Waals surface area contributed by atoms with E-state index in [1.807, 2.05) is 30.3 Å². The number of aliphatic imine (C=N–C) groups is 1. The molecular weight excluding hydrogens is 455 g/mol. The molecule has 27 heavy (non-hydrogen) atoms. The summed E-state index contributed by atoms with van der Waals surface area (Å²) in [4.78, 5) is 7.19. The van der Waals surface area contributed by atoms with Crippen LogP contribution in [-0.2, 0) is 4.74 Å². The van der Waals surface area contributed by atoms with Gasteiger partial charge in [0.05, 0.1) is 25.9 Å². The van der Waals surface area contributed by atoms with Gasteiger partial charge in [0.25, 0.3) is 0 Å². The number of morpholine rings is 1. The summed E-state index contributed by atoms with van der Waals surface area (Å²) in [6, 6.07) is 9.76. The summed E-state index contributed by atoms with van der Waals surface area (Å²) in [5.41, 5.74) is 0.945. The number of benzene rings is 1. The molecule has 1 atom stereocenters. The van der Waals surface area contributed by atoms with E-state index in [0.29, 0.717) is 19.5 Å². The second kappa shape index (κ2) is 12.5. The van der Waals surface area contributed by atoms with E-state index in [0.717, 1.165) is 44.4 Å². The zero-order chi connectivity index (χ0) is 18.8. The van der Waals surface area contributed by atoms with Crippen molar-refractivity contribution >= 4 is 29.9 Å². The molecule has 0 radical (unpaired) electrons. The van der Waals surface area contributed by atoms with Crippen molar-refractivity contribution in [1.29, 1.82) is 0 Å². The monoisotopic (exact) mass is 490 g/mol. The first kappa shape index (κ1) is 24.1. The molecule has 0 bridgehead atoms. The van der Waals surface area contributed by atoms with Crippen molar-refractivity contribution in [3.63, 3.8) is 0 Å². The summed E-state index contributed by atoms with van der Waals surface area (Å²) in [6.07, 6.45) is 0.178. The van der Waals surface area contributed by atoms with Crippen LogP contribution in [0.15, 0.2) is 35.3 Å². The average Bonchev–Trinajstić information content (AvgIpc) is 2.67. The molecule has 1 heterocycles. The summed E-state index contributed by atoms with van der Waals surface area (Å²) in [5, 5.41) is 16.9. The number of rotatable bonds is 8. The van der Waals surface area contributed by atoms with E-state index in [9.17, 15) is 5.11 Å². The van der Waals surface area contributed by atoms with Gasteiger partial charge in [-0.05, 0) is 32.8 Å². The quantitative estimate of drug-likeness (QED) is 0.297. The molecule has 0 spiro atoms. The first-order valence-electron chi connectivity index (χ1n) is 9.61. The highest BCUT2D eigenvalue weighted by atomic mass is 127. The van der Waals surface area contributed by atoms with Crippen molar-refractivity contribution < 1.29 is 9.84 Å². The lowest BCUT2D eigenvalue weighted by Gasteiger charge is -2.39. The van der Waals surface area contributed by atoms with Crippen LogP contribution in [0.25, 0.3) is 0 Å². The number of nitrogens with one attached hydrogen (secondary N) is 2. The van der Waals surface area contributed by atoms with E-state index in [2.05, 4.69) is 36.3 Å². The van der Waals surface area contributed by atoms with E-state index < -0.39 is 6.10 Å². The smallest absolute Gasteiger partial charge is 0.191 e. The third kappa shape index (κ3) is 8.33. The number of aliphatic hydroxyl groups excluding tert-OH is 1. The van der Waals surface area contributed by atoms with Crippen LogP contribution in [-0.4, -0.2) is 67.4 Å². The fourth-order valence-electron chi connectivity index (χ4n) is 3.05. The van der Waals surface area contributed by atoms with Gasteiger partial charge in [0, 0.05) is 31.7 Å². The fraction of sp³-hybridized carbons (Fsp3) is 0.650. The molecule has 0 aliphatic carbocycles. The van der Waals surface area contributed by atoms with Crippen molar-refractivity contribution in [2.75, 3.05) is 45.9 Å². The summed E-state index contributed by atoms with van der Waals surface area (Å²) < 4.78 is 5.45. The van der Waals surface area contributed by atoms with Crippen LogP contribution < -0.4 is 10.6 Å². The SMILES string of the molecule is CCNC(=NCC(C)(C)N1CCOCC1)NCCC(O)c1ccccc1.I. The molecule has 1 aliphatic heterocycles. The molecule has 1 aromatic rings. The van der Waals surface area contributed by atoms with Gasteiger partial charge in [0.15, 0.2) is 5.96 Å². The maximum atomic E-state index is 10.3. The standard InChI is InChI=1S/C20H34N4O2.HI/c1-4-21-19(22-11-10-18(25)17-8-6-5-7-9-17)23-16-20(2,3)24-12-14-26-15-13-24;/h5-9,18,25H,4,10-16H2,1-3H3,(H2,21,22,23);1H. The van der Waals surface area contributed by atoms with Crippen LogP contribution in [0.5, 0.6) is 0 Å². The third-order valence-electron chi connectivity index (χ3n) is 4.73.